The molecule has 0 spiro atoms. The quantitative estimate of drug-likeness (QED) is 0.624. The van der Waals surface area contributed by atoms with Crippen molar-refractivity contribution in [1.29, 1.82) is 0 Å². The summed E-state index contributed by atoms with van der Waals surface area (Å²) in [6, 6.07) is 13.5. The van der Waals surface area contributed by atoms with Crippen molar-refractivity contribution in [3.05, 3.63) is 74.9 Å². The predicted molar refractivity (Wildman–Crippen MR) is 110 cm³/mol. The first kappa shape index (κ1) is 19.9. The maximum Gasteiger partial charge on any atom is 0.335 e. The van der Waals surface area contributed by atoms with E-state index in [1.165, 1.54) is 7.11 Å². The third-order valence-electron chi connectivity index (χ3n) is 4.22. The van der Waals surface area contributed by atoms with Gasteiger partial charge >= 0.3 is 5.69 Å². The second-order valence-electron chi connectivity index (χ2n) is 6.12. The molecule has 8 nitrogen and oxygen atoms in total. The van der Waals surface area contributed by atoms with Crippen LogP contribution < -0.4 is 20.7 Å². The minimum Gasteiger partial charge on any atom is -0.497 e. The fourth-order valence-electron chi connectivity index (χ4n) is 2.86. The molecular weight excluding hydrogens is 374 g/mol. The number of aromatic hydroxyl groups is 1. The molecule has 0 aliphatic carbocycles. The summed E-state index contributed by atoms with van der Waals surface area (Å²) in [7, 11) is 1.53. The third kappa shape index (κ3) is 4.21. The van der Waals surface area contributed by atoms with Gasteiger partial charge in [-0.1, -0.05) is 0 Å². The van der Waals surface area contributed by atoms with E-state index in [-0.39, 0.29) is 11.3 Å². The summed E-state index contributed by atoms with van der Waals surface area (Å²) in [6.07, 6.45) is 0. The van der Waals surface area contributed by atoms with E-state index in [4.69, 9.17) is 9.47 Å². The van der Waals surface area contributed by atoms with Crippen molar-refractivity contribution in [2.45, 2.75) is 13.8 Å². The number of aliphatic imine (C=N–C) groups is 1. The Labute approximate surface area is 166 Å². The zero-order valence-corrected chi connectivity index (χ0v) is 16.3. The van der Waals surface area contributed by atoms with Crippen LogP contribution in [0, 0.1) is 0 Å². The Morgan fingerprint density at radius 1 is 1.07 bits per heavy atom. The minimum atomic E-state index is -0.754. The maximum atomic E-state index is 12.4. The summed E-state index contributed by atoms with van der Waals surface area (Å²) in [5, 5.41) is 10.7. The summed E-state index contributed by atoms with van der Waals surface area (Å²) in [4.78, 5) is 31.3. The van der Waals surface area contributed by atoms with Crippen molar-refractivity contribution in [2.75, 3.05) is 13.7 Å². The largest absolute Gasteiger partial charge is 0.497 e. The number of nitrogens with one attached hydrogen (secondary N) is 1. The number of methoxy groups -OCH3 is 1. The highest BCUT2D eigenvalue weighted by atomic mass is 16.5. The summed E-state index contributed by atoms with van der Waals surface area (Å²) in [5.74, 6) is 0.813. The highest BCUT2D eigenvalue weighted by molar-refractivity contribution is 6.01. The third-order valence-corrected chi connectivity index (χ3v) is 4.22. The van der Waals surface area contributed by atoms with Crippen molar-refractivity contribution in [3.63, 3.8) is 0 Å². The van der Waals surface area contributed by atoms with Gasteiger partial charge in [-0.05, 0) is 62.4 Å². The van der Waals surface area contributed by atoms with Crippen molar-refractivity contribution >= 4 is 11.4 Å². The highest BCUT2D eigenvalue weighted by Gasteiger charge is 2.18. The molecule has 0 saturated heterocycles. The number of hydrogen-bond donors (Lipinski definition) is 2. The second kappa shape index (κ2) is 8.47. The van der Waals surface area contributed by atoms with Gasteiger partial charge in [-0.25, -0.2) is 9.36 Å². The average molecular weight is 395 g/mol. The SMILES string of the molecule is CCOc1ccc(N=C(C)c2c(O)n(-c3ccc(OC)cc3)c(=O)[nH]c2=O)cc1. The first-order valence-corrected chi connectivity index (χ1v) is 8.95. The molecule has 0 bridgehead atoms. The molecule has 0 amide bonds. The van der Waals surface area contributed by atoms with E-state index in [2.05, 4.69) is 9.98 Å². The fraction of sp³-hybridized carbons (Fsp3) is 0.190. The van der Waals surface area contributed by atoms with Crippen LogP contribution >= 0.6 is 0 Å². The number of nitrogens with zero attached hydrogens (tertiary/aromatic N) is 2. The van der Waals surface area contributed by atoms with Crippen molar-refractivity contribution in [1.82, 2.24) is 9.55 Å². The van der Waals surface area contributed by atoms with Gasteiger partial charge in [0.25, 0.3) is 5.56 Å². The molecule has 150 valence electrons. The lowest BCUT2D eigenvalue weighted by Crippen LogP contribution is -2.32. The van der Waals surface area contributed by atoms with Gasteiger partial charge in [0.1, 0.15) is 17.1 Å². The van der Waals surface area contributed by atoms with Crippen LogP contribution in [0.3, 0.4) is 0 Å². The molecule has 0 unspecified atom stereocenters. The number of hydrogen-bond acceptors (Lipinski definition) is 6. The van der Waals surface area contributed by atoms with Gasteiger partial charge in [0.15, 0.2) is 0 Å². The molecule has 2 N–H and O–H groups in total. The van der Waals surface area contributed by atoms with Crippen LogP contribution in [-0.4, -0.2) is 34.1 Å². The van der Waals surface area contributed by atoms with Gasteiger partial charge in [-0.2, -0.15) is 0 Å². The molecule has 0 radical (unpaired) electrons. The van der Waals surface area contributed by atoms with Crippen LogP contribution in [0.25, 0.3) is 5.69 Å². The molecule has 1 heterocycles. The van der Waals surface area contributed by atoms with Crippen LogP contribution in [0.2, 0.25) is 0 Å². The minimum absolute atomic E-state index is 0.0886. The summed E-state index contributed by atoms with van der Waals surface area (Å²) >= 11 is 0. The number of aromatic amines is 1. The summed E-state index contributed by atoms with van der Waals surface area (Å²) < 4.78 is 11.5. The maximum absolute atomic E-state index is 12.4. The molecule has 0 aliphatic heterocycles. The highest BCUT2D eigenvalue weighted by Crippen LogP contribution is 2.22. The Kier molecular flexibility index (Phi) is 5.82. The average Bonchev–Trinajstić information content (AvgIpc) is 2.70. The monoisotopic (exact) mass is 395 g/mol. The molecule has 1 aromatic heterocycles. The van der Waals surface area contributed by atoms with Crippen molar-refractivity contribution in [2.24, 2.45) is 4.99 Å². The lowest BCUT2D eigenvalue weighted by molar-refractivity contribution is 0.340. The topological polar surface area (TPSA) is 106 Å². The molecule has 0 fully saturated rings. The van der Waals surface area contributed by atoms with Crippen LogP contribution in [0.4, 0.5) is 5.69 Å². The zero-order valence-electron chi connectivity index (χ0n) is 16.3. The van der Waals surface area contributed by atoms with Gasteiger partial charge in [0, 0.05) is 0 Å². The fourth-order valence-corrected chi connectivity index (χ4v) is 2.86. The van der Waals surface area contributed by atoms with Gasteiger partial charge in [-0.15, -0.1) is 0 Å². The number of ether oxygens (including phenoxy) is 2. The molecule has 8 heteroatoms. The van der Waals surface area contributed by atoms with E-state index in [1.807, 2.05) is 6.92 Å². The normalized spacial score (nSPS) is 11.3. The van der Waals surface area contributed by atoms with Crippen LogP contribution in [-0.2, 0) is 0 Å². The van der Waals surface area contributed by atoms with E-state index in [1.54, 1.807) is 55.5 Å². The van der Waals surface area contributed by atoms with E-state index >= 15 is 0 Å². The number of H-pyrrole nitrogens is 1. The Morgan fingerprint density at radius 3 is 2.28 bits per heavy atom. The standard InChI is InChI=1S/C21H21N3O5/c1-4-29-17-9-5-14(6-10-17)22-13(2)18-19(25)23-21(27)24(20(18)26)15-7-11-16(28-3)12-8-15/h5-12,26H,4H2,1-3H3,(H,23,25,27). The summed E-state index contributed by atoms with van der Waals surface area (Å²) in [5.41, 5.74) is -0.351. The Balaban J connectivity index is 2.06. The van der Waals surface area contributed by atoms with Crippen molar-refractivity contribution < 1.29 is 14.6 Å². The lowest BCUT2D eigenvalue weighted by atomic mass is 10.2. The number of rotatable bonds is 6. The van der Waals surface area contributed by atoms with Gasteiger partial charge in [0.05, 0.1) is 30.8 Å². The predicted octanol–water partition coefficient (Wildman–Crippen LogP) is 2.78. The van der Waals surface area contributed by atoms with Crippen LogP contribution in [0.5, 0.6) is 17.4 Å². The number of benzene rings is 2. The molecule has 0 saturated carbocycles. The van der Waals surface area contributed by atoms with E-state index in [0.717, 1.165) is 4.57 Å². The van der Waals surface area contributed by atoms with Gasteiger partial charge in [0.2, 0.25) is 5.88 Å². The lowest BCUT2D eigenvalue weighted by Gasteiger charge is -2.12. The molecule has 3 aromatic rings. The number of aromatic nitrogens is 2. The molecule has 29 heavy (non-hydrogen) atoms. The smallest absolute Gasteiger partial charge is 0.335 e. The molecule has 3 rings (SSSR count). The van der Waals surface area contributed by atoms with Gasteiger partial charge < -0.3 is 14.6 Å². The zero-order chi connectivity index (χ0) is 21.0. The van der Waals surface area contributed by atoms with E-state index in [0.29, 0.717) is 29.5 Å². The molecule has 0 aliphatic rings. The van der Waals surface area contributed by atoms with Gasteiger partial charge in [-0.3, -0.25) is 14.8 Å². The first-order valence-electron chi connectivity index (χ1n) is 8.95. The molecular formula is C21H21N3O5. The Hall–Kier alpha value is -3.81. The summed E-state index contributed by atoms with van der Waals surface area (Å²) in [6.45, 7) is 4.03. The Bertz CT molecular complexity index is 1140. The van der Waals surface area contributed by atoms with Crippen molar-refractivity contribution in [3.8, 4) is 23.1 Å². The molecule has 2 aromatic carbocycles. The van der Waals surface area contributed by atoms with Crippen LogP contribution in [0.1, 0.15) is 19.4 Å². The van der Waals surface area contributed by atoms with Crippen LogP contribution in [0.15, 0.2) is 63.1 Å². The Morgan fingerprint density at radius 2 is 1.69 bits per heavy atom. The molecule has 0 atom stereocenters. The second-order valence-corrected chi connectivity index (χ2v) is 6.12. The van der Waals surface area contributed by atoms with E-state index in [9.17, 15) is 14.7 Å². The first-order chi connectivity index (χ1) is 13.9. The van der Waals surface area contributed by atoms with E-state index < -0.39 is 17.1 Å².